The van der Waals surface area contributed by atoms with E-state index < -0.39 is 42.3 Å². The van der Waals surface area contributed by atoms with Gasteiger partial charge < -0.3 is 10.1 Å². The molecule has 2 aromatic rings. The van der Waals surface area contributed by atoms with E-state index >= 15 is 0 Å². The van der Waals surface area contributed by atoms with Crippen molar-refractivity contribution in [3.63, 3.8) is 0 Å². The van der Waals surface area contributed by atoms with E-state index in [0.29, 0.717) is 4.90 Å². The zero-order valence-electron chi connectivity index (χ0n) is 17.4. The fraction of sp³-hybridized carbons (Fsp3) is 0.238. The maximum Gasteiger partial charge on any atom is 0.330 e. The molecule has 0 bridgehead atoms. The van der Waals surface area contributed by atoms with Gasteiger partial charge in [0.25, 0.3) is 17.7 Å². The van der Waals surface area contributed by atoms with E-state index in [2.05, 4.69) is 5.32 Å². The van der Waals surface area contributed by atoms with Crippen molar-refractivity contribution in [2.24, 2.45) is 5.92 Å². The smallest absolute Gasteiger partial charge is 0.330 e. The van der Waals surface area contributed by atoms with Crippen LogP contribution in [0.3, 0.4) is 0 Å². The van der Waals surface area contributed by atoms with Crippen LogP contribution in [0.25, 0.3) is 0 Å². The Hall–Kier alpha value is -1.74. The van der Waals surface area contributed by atoms with Crippen LogP contribution in [0, 0.1) is 5.92 Å². The average Bonchev–Trinajstić information content (AvgIpc) is 3.03. The number of hydrogen-bond donors (Lipinski definition) is 1. The zero-order valence-corrected chi connectivity index (χ0v) is 21.9. The van der Waals surface area contributed by atoms with E-state index in [4.69, 9.17) is 74.3 Å². The Kier molecular flexibility index (Phi) is 8.28. The summed E-state index contributed by atoms with van der Waals surface area (Å²) in [5, 5.41) is 1.87. The minimum atomic E-state index is -1.39. The number of nitrogens with zero attached hydrogens (tertiary/aromatic N) is 1. The van der Waals surface area contributed by atoms with Crippen molar-refractivity contribution in [2.75, 3.05) is 11.9 Å². The van der Waals surface area contributed by atoms with Gasteiger partial charge in [0, 0.05) is 0 Å². The number of amides is 3. The summed E-state index contributed by atoms with van der Waals surface area (Å²) in [6.07, 6.45) is 0. The van der Waals surface area contributed by atoms with Crippen LogP contribution in [0.5, 0.6) is 0 Å². The van der Waals surface area contributed by atoms with E-state index in [1.807, 2.05) is 0 Å². The maximum atomic E-state index is 13.1. The van der Waals surface area contributed by atoms with Gasteiger partial charge in [0.15, 0.2) is 6.61 Å². The van der Waals surface area contributed by atoms with Gasteiger partial charge in [-0.05, 0) is 18.1 Å². The minimum absolute atomic E-state index is 0.112. The third-order valence-corrected chi connectivity index (χ3v) is 7.48. The number of imide groups is 1. The lowest BCUT2D eigenvalue weighted by Gasteiger charge is -2.27. The Labute approximate surface area is 224 Å². The summed E-state index contributed by atoms with van der Waals surface area (Å²) in [6, 6.07) is 3.22. The summed E-state index contributed by atoms with van der Waals surface area (Å²) >= 11 is 36.3. The molecule has 3 rings (SSSR count). The number of esters is 1. The van der Waals surface area contributed by atoms with Crippen molar-refractivity contribution in [1.29, 1.82) is 0 Å². The molecular formula is C21H14Cl6N2O5. The predicted octanol–water partition coefficient (Wildman–Crippen LogP) is 6.41. The molecule has 7 nitrogen and oxygen atoms in total. The first-order valence-corrected chi connectivity index (χ1v) is 11.8. The maximum absolute atomic E-state index is 13.1. The normalized spacial score (nSPS) is 13.9. The average molecular weight is 587 g/mol. The van der Waals surface area contributed by atoms with Gasteiger partial charge in [-0.1, -0.05) is 89.5 Å². The van der Waals surface area contributed by atoms with Crippen molar-refractivity contribution in [3.05, 3.63) is 59.5 Å². The molecule has 2 aromatic carbocycles. The Morgan fingerprint density at radius 2 is 1.41 bits per heavy atom. The minimum Gasteiger partial charge on any atom is -0.454 e. The van der Waals surface area contributed by atoms with Crippen LogP contribution in [0.4, 0.5) is 5.69 Å². The highest BCUT2D eigenvalue weighted by molar-refractivity contribution is 6.55. The van der Waals surface area contributed by atoms with E-state index in [1.165, 1.54) is 12.1 Å². The van der Waals surface area contributed by atoms with Crippen molar-refractivity contribution < 1.29 is 23.9 Å². The van der Waals surface area contributed by atoms with Gasteiger partial charge in [-0.15, -0.1) is 0 Å². The van der Waals surface area contributed by atoms with Gasteiger partial charge in [-0.2, -0.15) is 0 Å². The molecule has 0 saturated carbocycles. The molecule has 13 heteroatoms. The summed E-state index contributed by atoms with van der Waals surface area (Å²) in [5.41, 5.74) is -0.315. The second-order valence-corrected chi connectivity index (χ2v) is 9.73. The third kappa shape index (κ3) is 4.83. The van der Waals surface area contributed by atoms with Gasteiger partial charge in [-0.25, -0.2) is 4.79 Å². The molecule has 34 heavy (non-hydrogen) atoms. The highest BCUT2D eigenvalue weighted by Crippen LogP contribution is 2.45. The largest absolute Gasteiger partial charge is 0.454 e. The number of carbonyl (C=O) groups excluding carboxylic acids is 4. The first-order chi connectivity index (χ1) is 15.9. The number of benzene rings is 2. The third-order valence-electron chi connectivity index (χ3n) is 4.85. The molecule has 0 unspecified atom stereocenters. The van der Waals surface area contributed by atoms with E-state index in [9.17, 15) is 19.2 Å². The molecule has 0 saturated heterocycles. The number of fused-ring (bicyclic) bond motifs is 1. The fourth-order valence-corrected chi connectivity index (χ4v) is 4.67. The van der Waals surface area contributed by atoms with Gasteiger partial charge in [0.05, 0.1) is 47.0 Å². The van der Waals surface area contributed by atoms with Crippen LogP contribution in [-0.2, 0) is 14.3 Å². The van der Waals surface area contributed by atoms with Gasteiger partial charge in [-0.3, -0.25) is 19.3 Å². The topological polar surface area (TPSA) is 92.8 Å². The number of carbonyl (C=O) groups is 4. The summed E-state index contributed by atoms with van der Waals surface area (Å²) < 4.78 is 5.09. The van der Waals surface area contributed by atoms with Crippen LogP contribution in [0.2, 0.25) is 30.1 Å². The number of anilines is 1. The lowest BCUT2D eigenvalue weighted by molar-refractivity contribution is -0.152. The van der Waals surface area contributed by atoms with Gasteiger partial charge >= 0.3 is 5.97 Å². The lowest BCUT2D eigenvalue weighted by Crippen LogP contribution is -2.49. The molecule has 1 atom stereocenters. The predicted molar refractivity (Wildman–Crippen MR) is 132 cm³/mol. The number of rotatable bonds is 6. The Balaban J connectivity index is 1.81. The highest BCUT2D eigenvalue weighted by atomic mass is 35.5. The van der Waals surface area contributed by atoms with E-state index in [-0.39, 0.29) is 47.0 Å². The van der Waals surface area contributed by atoms with Crippen molar-refractivity contribution in [1.82, 2.24) is 4.90 Å². The van der Waals surface area contributed by atoms with Crippen molar-refractivity contribution in [3.8, 4) is 0 Å². The van der Waals surface area contributed by atoms with Gasteiger partial charge in [0.2, 0.25) is 0 Å². The fourth-order valence-electron chi connectivity index (χ4n) is 3.30. The quantitative estimate of drug-likeness (QED) is 0.183. The SMILES string of the molecule is CC(C)[C@@H](C(=O)OCC(=O)Nc1cccc(Cl)c1Cl)N1C(=O)c2c(Cl)c(Cl)c(Cl)c(Cl)c2C1=O. The lowest BCUT2D eigenvalue weighted by atomic mass is 10.0. The summed E-state index contributed by atoms with van der Waals surface area (Å²) in [7, 11) is 0. The Morgan fingerprint density at radius 3 is 1.91 bits per heavy atom. The number of ether oxygens (including phenoxy) is 1. The van der Waals surface area contributed by atoms with Crippen LogP contribution in [0.15, 0.2) is 18.2 Å². The number of hydrogen-bond acceptors (Lipinski definition) is 5. The standard InChI is InChI=1S/C21H14Cl6N2O5/c1-7(2)18(21(33)34-6-10(30)28-9-5-3-4-8(22)13(9)23)29-19(31)11-12(20(29)32)15(25)17(27)16(26)14(11)24/h3-5,7,18H,6H2,1-2H3,(H,28,30)/t18-/m0/s1. The molecule has 1 heterocycles. The summed E-state index contributed by atoms with van der Waals surface area (Å²) in [6.45, 7) is 2.46. The molecule has 0 aromatic heterocycles. The van der Waals surface area contributed by atoms with Crippen LogP contribution in [-0.4, -0.2) is 41.2 Å². The van der Waals surface area contributed by atoms with Crippen molar-refractivity contribution >= 4 is 99.0 Å². The molecule has 0 radical (unpaired) electrons. The first-order valence-electron chi connectivity index (χ1n) is 9.52. The Morgan fingerprint density at radius 1 is 0.882 bits per heavy atom. The number of halogens is 6. The Bertz CT molecular complexity index is 1190. The molecule has 0 spiro atoms. The monoisotopic (exact) mass is 584 g/mol. The molecule has 0 aliphatic carbocycles. The molecule has 1 aliphatic heterocycles. The highest BCUT2D eigenvalue weighted by Gasteiger charge is 2.48. The van der Waals surface area contributed by atoms with E-state index in [1.54, 1.807) is 19.9 Å². The molecule has 1 N–H and O–H groups in total. The summed E-state index contributed by atoms with van der Waals surface area (Å²) in [5.74, 6) is -4.09. The van der Waals surface area contributed by atoms with Crippen LogP contribution in [0.1, 0.15) is 34.6 Å². The summed E-state index contributed by atoms with van der Waals surface area (Å²) in [4.78, 5) is 52.0. The molecule has 180 valence electrons. The molecule has 0 fully saturated rings. The van der Waals surface area contributed by atoms with Crippen LogP contribution >= 0.6 is 69.6 Å². The molecule has 1 aliphatic rings. The zero-order chi connectivity index (χ0) is 25.5. The second kappa shape index (κ2) is 10.5. The second-order valence-electron chi connectivity index (χ2n) is 7.43. The molecular weight excluding hydrogens is 573 g/mol. The van der Waals surface area contributed by atoms with Crippen molar-refractivity contribution in [2.45, 2.75) is 19.9 Å². The van der Waals surface area contributed by atoms with Crippen LogP contribution < -0.4 is 5.32 Å². The van der Waals surface area contributed by atoms with E-state index in [0.717, 1.165) is 0 Å². The first kappa shape index (κ1) is 26.9. The molecule has 3 amide bonds. The van der Waals surface area contributed by atoms with Gasteiger partial charge in [0.1, 0.15) is 6.04 Å². The number of nitrogens with one attached hydrogen (secondary N) is 1.